The van der Waals surface area contributed by atoms with Crippen LogP contribution in [0, 0.1) is 3.70 Å². The van der Waals surface area contributed by atoms with Crippen molar-refractivity contribution in [3.63, 3.8) is 0 Å². The Morgan fingerprint density at radius 3 is 2.31 bits per heavy atom. The number of alkyl halides is 5. The van der Waals surface area contributed by atoms with Crippen molar-refractivity contribution in [1.29, 1.82) is 0 Å². The molecular weight excluding hydrogens is 348 g/mol. The van der Waals surface area contributed by atoms with Gasteiger partial charge in [-0.05, 0) is 28.7 Å². The average molecular weight is 353 g/mol. The molecule has 0 aliphatic carbocycles. The monoisotopic (exact) mass is 353 g/mol. The van der Waals surface area contributed by atoms with Gasteiger partial charge in [0.05, 0.1) is 17.9 Å². The van der Waals surface area contributed by atoms with E-state index < -0.39 is 36.0 Å². The van der Waals surface area contributed by atoms with Gasteiger partial charge in [0.1, 0.15) is 3.70 Å². The van der Waals surface area contributed by atoms with E-state index in [1.165, 1.54) is 22.6 Å². The Kier molecular flexibility index (Phi) is 4.05. The molecule has 0 saturated carbocycles. The van der Waals surface area contributed by atoms with Gasteiger partial charge in [-0.25, -0.2) is 13.8 Å². The fourth-order valence-electron chi connectivity index (χ4n) is 1.20. The third-order valence-electron chi connectivity index (χ3n) is 1.76. The maximum atomic E-state index is 12.5. The van der Waals surface area contributed by atoms with Crippen LogP contribution >= 0.6 is 22.6 Å². The Hall–Kier alpha value is -0.510. The van der Waals surface area contributed by atoms with Crippen LogP contribution in [0.2, 0.25) is 0 Å². The minimum atomic E-state index is -4.96. The van der Waals surface area contributed by atoms with E-state index in [0.717, 1.165) is 0 Å². The standard InChI is InChI=1S/C8H5F5INO/c9-7(10)3-1-5(14)15-4(2-16)6(3)8(11,12)13/h1,7,16H,2H2. The number of hydrogen-bond acceptors (Lipinski definition) is 2. The molecule has 0 fully saturated rings. The van der Waals surface area contributed by atoms with Crippen molar-refractivity contribution in [2.45, 2.75) is 19.2 Å². The zero-order valence-electron chi connectivity index (χ0n) is 7.52. The maximum absolute atomic E-state index is 12.5. The minimum absolute atomic E-state index is 0.0232. The van der Waals surface area contributed by atoms with Gasteiger partial charge >= 0.3 is 6.18 Å². The van der Waals surface area contributed by atoms with Gasteiger partial charge in [0.15, 0.2) is 0 Å². The summed E-state index contributed by atoms with van der Waals surface area (Å²) in [4.78, 5) is 3.38. The molecule has 0 atom stereocenters. The van der Waals surface area contributed by atoms with Crippen molar-refractivity contribution in [2.75, 3.05) is 0 Å². The van der Waals surface area contributed by atoms with Gasteiger partial charge < -0.3 is 5.11 Å². The second-order valence-corrected chi connectivity index (χ2v) is 3.92. The molecule has 1 rings (SSSR count). The minimum Gasteiger partial charge on any atom is -0.390 e. The highest BCUT2D eigenvalue weighted by Gasteiger charge is 2.39. The molecule has 1 aromatic heterocycles. The molecule has 0 amide bonds. The average Bonchev–Trinajstić information content (AvgIpc) is 2.14. The molecule has 0 aliphatic heterocycles. The summed E-state index contributed by atoms with van der Waals surface area (Å²) in [6, 6.07) is 0.660. The van der Waals surface area contributed by atoms with Crippen molar-refractivity contribution in [2.24, 2.45) is 0 Å². The number of aromatic nitrogens is 1. The first-order chi connectivity index (χ1) is 7.27. The van der Waals surface area contributed by atoms with Crippen LogP contribution in [-0.2, 0) is 12.8 Å². The van der Waals surface area contributed by atoms with Crippen LogP contribution in [0.4, 0.5) is 22.0 Å². The molecule has 0 bridgehead atoms. The highest BCUT2D eigenvalue weighted by molar-refractivity contribution is 14.1. The number of nitrogens with zero attached hydrogens (tertiary/aromatic N) is 1. The van der Waals surface area contributed by atoms with Crippen LogP contribution in [0.25, 0.3) is 0 Å². The third-order valence-corrected chi connectivity index (χ3v) is 2.31. The van der Waals surface area contributed by atoms with Crippen LogP contribution in [0.15, 0.2) is 6.07 Å². The molecule has 0 unspecified atom stereocenters. The Labute approximate surface area is 101 Å². The molecule has 16 heavy (non-hydrogen) atoms. The predicted octanol–water partition coefficient (Wildman–Crippen LogP) is 3.13. The molecule has 0 spiro atoms. The SMILES string of the molecule is OCc1nc(I)cc(C(F)F)c1C(F)(F)F. The van der Waals surface area contributed by atoms with E-state index in [0.29, 0.717) is 6.07 Å². The first-order valence-electron chi connectivity index (χ1n) is 3.93. The lowest BCUT2D eigenvalue weighted by atomic mass is 10.1. The Balaban J connectivity index is 3.52. The molecule has 8 heteroatoms. The van der Waals surface area contributed by atoms with Gasteiger partial charge in [-0.3, -0.25) is 0 Å². The maximum Gasteiger partial charge on any atom is 0.418 e. The summed E-state index contributed by atoms with van der Waals surface area (Å²) < 4.78 is 62.4. The zero-order valence-corrected chi connectivity index (χ0v) is 9.68. The topological polar surface area (TPSA) is 33.1 Å². The van der Waals surface area contributed by atoms with Crippen LogP contribution < -0.4 is 0 Å². The Morgan fingerprint density at radius 2 is 1.94 bits per heavy atom. The van der Waals surface area contributed by atoms with E-state index in [2.05, 4.69) is 4.98 Å². The summed E-state index contributed by atoms with van der Waals surface area (Å²) in [5.41, 5.74) is -3.49. The van der Waals surface area contributed by atoms with Crippen LogP contribution in [-0.4, -0.2) is 10.1 Å². The molecule has 0 saturated heterocycles. The lowest BCUT2D eigenvalue weighted by molar-refractivity contribution is -0.141. The Morgan fingerprint density at radius 1 is 1.38 bits per heavy atom. The smallest absolute Gasteiger partial charge is 0.390 e. The van der Waals surface area contributed by atoms with E-state index in [9.17, 15) is 22.0 Å². The van der Waals surface area contributed by atoms with Crippen LogP contribution in [0.1, 0.15) is 23.2 Å². The largest absolute Gasteiger partial charge is 0.418 e. The summed E-state index contributed by atoms with van der Waals surface area (Å²) in [6.07, 6.45) is -8.22. The van der Waals surface area contributed by atoms with Crippen LogP contribution in [0.3, 0.4) is 0 Å². The lowest BCUT2D eigenvalue weighted by Crippen LogP contribution is -2.16. The molecule has 90 valence electrons. The van der Waals surface area contributed by atoms with E-state index in [1.807, 2.05) is 0 Å². The number of aliphatic hydroxyl groups is 1. The first kappa shape index (κ1) is 13.6. The van der Waals surface area contributed by atoms with E-state index >= 15 is 0 Å². The third kappa shape index (κ3) is 2.78. The zero-order chi connectivity index (χ0) is 12.5. The highest BCUT2D eigenvalue weighted by Crippen LogP contribution is 2.38. The molecule has 1 N–H and O–H groups in total. The Bertz CT molecular complexity index is 393. The van der Waals surface area contributed by atoms with Gasteiger partial charge in [0.25, 0.3) is 6.43 Å². The lowest BCUT2D eigenvalue weighted by Gasteiger charge is -2.15. The molecule has 2 nitrogen and oxygen atoms in total. The van der Waals surface area contributed by atoms with Crippen LogP contribution in [0.5, 0.6) is 0 Å². The second kappa shape index (κ2) is 4.78. The van der Waals surface area contributed by atoms with E-state index in [4.69, 9.17) is 5.11 Å². The number of hydrogen-bond donors (Lipinski definition) is 1. The van der Waals surface area contributed by atoms with Gasteiger partial charge in [-0.15, -0.1) is 0 Å². The molecular formula is C8H5F5INO. The second-order valence-electron chi connectivity index (χ2n) is 2.81. The van der Waals surface area contributed by atoms with E-state index in [-0.39, 0.29) is 3.70 Å². The number of halogens is 6. The van der Waals surface area contributed by atoms with Gasteiger partial charge in [-0.2, -0.15) is 13.2 Å². The highest BCUT2D eigenvalue weighted by atomic mass is 127. The van der Waals surface area contributed by atoms with Gasteiger partial charge in [0, 0.05) is 5.56 Å². The summed E-state index contributed by atoms with van der Waals surface area (Å²) in [7, 11) is 0. The predicted molar refractivity (Wildman–Crippen MR) is 52.8 cm³/mol. The number of rotatable bonds is 2. The summed E-state index contributed by atoms with van der Waals surface area (Å²) in [5.74, 6) is 0. The normalized spacial score (nSPS) is 12.2. The molecule has 0 radical (unpaired) electrons. The van der Waals surface area contributed by atoms with Crippen molar-refractivity contribution in [1.82, 2.24) is 4.98 Å². The molecule has 1 heterocycles. The quantitative estimate of drug-likeness (QED) is 0.504. The van der Waals surface area contributed by atoms with Gasteiger partial charge in [-0.1, -0.05) is 0 Å². The van der Waals surface area contributed by atoms with Crippen molar-refractivity contribution < 1.29 is 27.1 Å². The van der Waals surface area contributed by atoms with Crippen molar-refractivity contribution in [3.05, 3.63) is 26.6 Å². The van der Waals surface area contributed by atoms with Crippen molar-refractivity contribution >= 4 is 22.6 Å². The van der Waals surface area contributed by atoms with Crippen molar-refractivity contribution in [3.8, 4) is 0 Å². The summed E-state index contributed by atoms with van der Waals surface area (Å²) in [5, 5.41) is 8.70. The molecule has 1 aromatic rings. The molecule has 0 aliphatic rings. The fourth-order valence-corrected chi connectivity index (χ4v) is 1.82. The molecule has 0 aromatic carbocycles. The number of pyridine rings is 1. The number of aliphatic hydroxyl groups excluding tert-OH is 1. The summed E-state index contributed by atoms with van der Waals surface area (Å²) in [6.45, 7) is -1.04. The summed E-state index contributed by atoms with van der Waals surface area (Å²) >= 11 is 1.51. The fraction of sp³-hybridized carbons (Fsp3) is 0.375. The first-order valence-corrected chi connectivity index (χ1v) is 5.00. The van der Waals surface area contributed by atoms with Gasteiger partial charge in [0.2, 0.25) is 0 Å². The van der Waals surface area contributed by atoms with E-state index in [1.54, 1.807) is 0 Å².